The summed E-state index contributed by atoms with van der Waals surface area (Å²) in [5.41, 5.74) is 1.93. The van der Waals surface area contributed by atoms with Crippen molar-refractivity contribution in [1.29, 1.82) is 5.41 Å². The van der Waals surface area contributed by atoms with E-state index in [-0.39, 0.29) is 5.90 Å². The quantitative estimate of drug-likeness (QED) is 0.428. The minimum Gasteiger partial charge on any atom is -0.477 e. The molecule has 0 fully saturated rings. The number of nitrogens with one attached hydrogen (secondary N) is 1. The number of rotatable bonds is 3. The second kappa shape index (κ2) is 4.36. The fourth-order valence-corrected chi connectivity index (χ4v) is 1.46. The SMILES string of the molecule is CCOC(=N)c1cnc2ccc([B]O)cn12. The third-order valence-electron chi connectivity index (χ3n) is 2.20. The molecule has 0 aliphatic rings. The molecule has 2 aromatic rings. The molecule has 0 saturated carbocycles. The van der Waals surface area contributed by atoms with E-state index in [0.717, 1.165) is 7.48 Å². The van der Waals surface area contributed by atoms with Gasteiger partial charge < -0.3 is 9.76 Å². The van der Waals surface area contributed by atoms with Crippen molar-refractivity contribution in [3.63, 3.8) is 0 Å². The van der Waals surface area contributed by atoms with E-state index in [2.05, 4.69) is 4.98 Å². The lowest BCUT2D eigenvalue weighted by atomic mass is 9.91. The summed E-state index contributed by atoms with van der Waals surface area (Å²) in [6.07, 6.45) is 3.28. The van der Waals surface area contributed by atoms with Crippen LogP contribution in [0.25, 0.3) is 5.65 Å². The van der Waals surface area contributed by atoms with Crippen LogP contribution in [0.5, 0.6) is 0 Å². The molecule has 2 N–H and O–H groups in total. The monoisotopic (exact) mass is 216 g/mol. The number of imidazole rings is 1. The fraction of sp³-hybridized carbons (Fsp3) is 0.200. The number of hydrogen-bond acceptors (Lipinski definition) is 4. The smallest absolute Gasteiger partial charge is 0.328 e. The number of aromatic nitrogens is 2. The Hall–Kier alpha value is -1.82. The number of hydrogen-bond donors (Lipinski definition) is 2. The average Bonchev–Trinajstić information content (AvgIpc) is 2.71. The lowest BCUT2D eigenvalue weighted by molar-refractivity contribution is 0.324. The van der Waals surface area contributed by atoms with E-state index in [1.54, 1.807) is 28.9 Å². The van der Waals surface area contributed by atoms with Gasteiger partial charge in [-0.25, -0.2) is 4.98 Å². The van der Waals surface area contributed by atoms with Crippen LogP contribution >= 0.6 is 0 Å². The summed E-state index contributed by atoms with van der Waals surface area (Å²) in [5.74, 6) is 0.0742. The maximum absolute atomic E-state index is 8.92. The Morgan fingerprint density at radius 2 is 2.44 bits per heavy atom. The first-order valence-corrected chi connectivity index (χ1v) is 4.92. The molecule has 0 aromatic carbocycles. The molecule has 6 heteroatoms. The molecule has 0 saturated heterocycles. The third kappa shape index (κ3) is 1.79. The van der Waals surface area contributed by atoms with Crippen LogP contribution in [0.3, 0.4) is 0 Å². The summed E-state index contributed by atoms with van der Waals surface area (Å²) >= 11 is 0. The van der Waals surface area contributed by atoms with Crippen molar-refractivity contribution in [1.82, 2.24) is 9.38 Å². The molecule has 2 aromatic heterocycles. The highest BCUT2D eigenvalue weighted by Crippen LogP contribution is 2.06. The van der Waals surface area contributed by atoms with Gasteiger partial charge in [-0.15, -0.1) is 0 Å². The molecule has 16 heavy (non-hydrogen) atoms. The van der Waals surface area contributed by atoms with Gasteiger partial charge in [-0.2, -0.15) is 0 Å². The zero-order valence-electron chi connectivity index (χ0n) is 8.84. The standard InChI is InChI=1S/C10H11BN3O2/c1-2-16-10(12)8-5-13-9-4-3-7(11-15)6-14(8)9/h3-6,12,15H,2H2,1H3. The van der Waals surface area contributed by atoms with Crippen molar-refractivity contribution >= 4 is 24.5 Å². The van der Waals surface area contributed by atoms with E-state index in [9.17, 15) is 0 Å². The van der Waals surface area contributed by atoms with Crippen molar-refractivity contribution in [2.24, 2.45) is 0 Å². The maximum Gasteiger partial charge on any atom is 0.328 e. The molecule has 2 heterocycles. The van der Waals surface area contributed by atoms with E-state index in [0.29, 0.717) is 23.4 Å². The van der Waals surface area contributed by atoms with Gasteiger partial charge in [0, 0.05) is 6.20 Å². The predicted octanol–water partition coefficient (Wildman–Crippen LogP) is -0.0670. The minimum absolute atomic E-state index is 0.0742. The van der Waals surface area contributed by atoms with Gasteiger partial charge in [-0.05, 0) is 18.5 Å². The summed E-state index contributed by atoms with van der Waals surface area (Å²) in [4.78, 5) is 4.14. The maximum atomic E-state index is 8.92. The summed E-state index contributed by atoms with van der Waals surface area (Å²) < 4.78 is 6.83. The third-order valence-corrected chi connectivity index (χ3v) is 2.20. The van der Waals surface area contributed by atoms with Gasteiger partial charge in [0.05, 0.1) is 12.8 Å². The lowest BCUT2D eigenvalue weighted by Gasteiger charge is -2.05. The van der Waals surface area contributed by atoms with Gasteiger partial charge in [-0.3, -0.25) is 9.81 Å². The molecule has 0 aliphatic carbocycles. The van der Waals surface area contributed by atoms with Gasteiger partial charge in [0.2, 0.25) is 5.90 Å². The average molecular weight is 216 g/mol. The largest absolute Gasteiger partial charge is 0.477 e. The van der Waals surface area contributed by atoms with Crippen molar-refractivity contribution in [2.75, 3.05) is 6.61 Å². The normalized spacial score (nSPS) is 10.4. The number of pyridine rings is 1. The molecule has 0 bridgehead atoms. The number of nitrogens with zero attached hydrogens (tertiary/aromatic N) is 2. The van der Waals surface area contributed by atoms with Crippen LogP contribution in [0, 0.1) is 5.41 Å². The zero-order chi connectivity index (χ0) is 11.5. The second-order valence-electron chi connectivity index (χ2n) is 3.23. The van der Waals surface area contributed by atoms with Gasteiger partial charge in [0.1, 0.15) is 11.3 Å². The molecule has 0 aliphatic heterocycles. The van der Waals surface area contributed by atoms with Gasteiger partial charge >= 0.3 is 7.48 Å². The highest BCUT2D eigenvalue weighted by molar-refractivity contribution is 6.45. The Bertz CT molecular complexity index is 524. The van der Waals surface area contributed by atoms with E-state index < -0.39 is 0 Å². The van der Waals surface area contributed by atoms with Crippen molar-refractivity contribution in [3.8, 4) is 0 Å². The molecule has 5 nitrogen and oxygen atoms in total. The van der Waals surface area contributed by atoms with E-state index in [4.69, 9.17) is 15.2 Å². The molecule has 0 amide bonds. The molecule has 2 rings (SSSR count). The molecule has 1 radical (unpaired) electrons. The summed E-state index contributed by atoms with van der Waals surface area (Å²) in [6.45, 7) is 2.27. The molecular formula is C10H11BN3O2. The summed E-state index contributed by atoms with van der Waals surface area (Å²) in [6, 6.07) is 3.52. The Balaban J connectivity index is 2.49. The highest BCUT2D eigenvalue weighted by atomic mass is 16.5. The van der Waals surface area contributed by atoms with Gasteiger partial charge in [-0.1, -0.05) is 6.07 Å². The zero-order valence-corrected chi connectivity index (χ0v) is 8.84. The molecule has 0 spiro atoms. The summed E-state index contributed by atoms with van der Waals surface area (Å²) in [7, 11) is 1.01. The van der Waals surface area contributed by atoms with E-state index in [1.807, 2.05) is 6.92 Å². The number of fused-ring (bicyclic) bond motifs is 1. The Morgan fingerprint density at radius 3 is 3.12 bits per heavy atom. The number of ether oxygens (including phenoxy) is 1. The van der Waals surface area contributed by atoms with Crippen LogP contribution in [-0.4, -0.2) is 34.4 Å². The van der Waals surface area contributed by atoms with E-state index >= 15 is 0 Å². The molecular weight excluding hydrogens is 205 g/mol. The first-order valence-electron chi connectivity index (χ1n) is 4.92. The Morgan fingerprint density at radius 1 is 1.62 bits per heavy atom. The minimum atomic E-state index is 0.0742. The predicted molar refractivity (Wildman–Crippen MR) is 61.3 cm³/mol. The first kappa shape index (κ1) is 10.7. The Kier molecular flexibility index (Phi) is 2.92. The first-order chi connectivity index (χ1) is 7.76. The lowest BCUT2D eigenvalue weighted by Crippen LogP contribution is -2.16. The van der Waals surface area contributed by atoms with Crippen LogP contribution in [-0.2, 0) is 4.74 Å². The molecule has 81 valence electrons. The van der Waals surface area contributed by atoms with Crippen molar-refractivity contribution < 1.29 is 9.76 Å². The van der Waals surface area contributed by atoms with Crippen LogP contribution < -0.4 is 5.46 Å². The highest BCUT2D eigenvalue weighted by Gasteiger charge is 2.09. The van der Waals surface area contributed by atoms with Gasteiger partial charge in [0.25, 0.3) is 0 Å². The van der Waals surface area contributed by atoms with Crippen LogP contribution in [0.4, 0.5) is 0 Å². The molecule has 0 atom stereocenters. The van der Waals surface area contributed by atoms with Crippen LogP contribution in [0.15, 0.2) is 24.5 Å². The fourth-order valence-electron chi connectivity index (χ4n) is 1.46. The molecule has 0 unspecified atom stereocenters. The van der Waals surface area contributed by atoms with Crippen molar-refractivity contribution in [2.45, 2.75) is 6.92 Å². The second-order valence-corrected chi connectivity index (χ2v) is 3.23. The van der Waals surface area contributed by atoms with Crippen molar-refractivity contribution in [3.05, 3.63) is 30.2 Å². The van der Waals surface area contributed by atoms with Gasteiger partial charge in [0.15, 0.2) is 0 Å². The van der Waals surface area contributed by atoms with E-state index in [1.165, 1.54) is 0 Å². The summed E-state index contributed by atoms with van der Waals surface area (Å²) in [5, 5.41) is 16.6. The van der Waals surface area contributed by atoms with Crippen LogP contribution in [0.2, 0.25) is 0 Å². The topological polar surface area (TPSA) is 70.6 Å². The van der Waals surface area contributed by atoms with Crippen LogP contribution in [0.1, 0.15) is 12.6 Å². The Labute approximate surface area is 93.5 Å².